The Morgan fingerprint density at radius 3 is 2.53 bits per heavy atom. The zero-order valence-electron chi connectivity index (χ0n) is 11.5. The highest BCUT2D eigenvalue weighted by atomic mass is 16.5. The van der Waals surface area contributed by atoms with E-state index in [1.807, 2.05) is 6.20 Å². The fourth-order valence-corrected chi connectivity index (χ4v) is 1.87. The van der Waals surface area contributed by atoms with Gasteiger partial charge in [-0.25, -0.2) is 4.98 Å². The lowest BCUT2D eigenvalue weighted by molar-refractivity contribution is -0.0293. The van der Waals surface area contributed by atoms with Crippen molar-refractivity contribution >= 4 is 0 Å². The van der Waals surface area contributed by atoms with E-state index in [9.17, 15) is 0 Å². The highest BCUT2D eigenvalue weighted by molar-refractivity contribution is 4.98. The number of unbranched alkanes of at least 4 members (excludes halogenated alkanes) is 5. The number of ether oxygens (including phenoxy) is 1. The Morgan fingerprint density at radius 1 is 1.18 bits per heavy atom. The van der Waals surface area contributed by atoms with E-state index < -0.39 is 0 Å². The van der Waals surface area contributed by atoms with Crippen molar-refractivity contribution < 1.29 is 4.74 Å². The van der Waals surface area contributed by atoms with Crippen molar-refractivity contribution in [2.45, 2.75) is 64.9 Å². The van der Waals surface area contributed by atoms with Crippen molar-refractivity contribution in [3.05, 3.63) is 18.2 Å². The van der Waals surface area contributed by atoms with Crippen LogP contribution in [0.3, 0.4) is 0 Å². The van der Waals surface area contributed by atoms with E-state index in [2.05, 4.69) is 30.7 Å². The SMILES string of the molecule is CCCCCCCCOC(C)(C)c1ncc[nH]1. The molecule has 0 saturated heterocycles. The predicted octanol–water partition coefficient (Wildman–Crippen LogP) is 4.02. The molecule has 0 unspecified atom stereocenters. The molecule has 1 heterocycles. The average Bonchev–Trinajstić information content (AvgIpc) is 2.82. The van der Waals surface area contributed by atoms with Crippen molar-refractivity contribution in [3.63, 3.8) is 0 Å². The van der Waals surface area contributed by atoms with Crippen LogP contribution in [-0.2, 0) is 10.3 Å². The van der Waals surface area contributed by atoms with Crippen LogP contribution in [0, 0.1) is 0 Å². The third kappa shape index (κ3) is 5.35. The van der Waals surface area contributed by atoms with Gasteiger partial charge in [0.2, 0.25) is 0 Å². The lowest BCUT2D eigenvalue weighted by Gasteiger charge is -2.22. The molecular formula is C14H26N2O. The fraction of sp³-hybridized carbons (Fsp3) is 0.786. The van der Waals surface area contributed by atoms with E-state index in [0.29, 0.717) is 0 Å². The number of aromatic nitrogens is 2. The number of aromatic amines is 1. The van der Waals surface area contributed by atoms with Gasteiger partial charge in [-0.3, -0.25) is 0 Å². The van der Waals surface area contributed by atoms with Gasteiger partial charge in [0, 0.05) is 19.0 Å². The fourth-order valence-electron chi connectivity index (χ4n) is 1.87. The van der Waals surface area contributed by atoms with Gasteiger partial charge in [-0.05, 0) is 20.3 Å². The second kappa shape index (κ2) is 7.49. The molecule has 17 heavy (non-hydrogen) atoms. The Balaban J connectivity index is 2.10. The van der Waals surface area contributed by atoms with Crippen LogP contribution in [0.5, 0.6) is 0 Å². The third-order valence-electron chi connectivity index (χ3n) is 3.03. The van der Waals surface area contributed by atoms with Crippen LogP contribution in [0.25, 0.3) is 0 Å². The second-order valence-electron chi connectivity index (χ2n) is 5.06. The van der Waals surface area contributed by atoms with Crippen LogP contribution in [0.4, 0.5) is 0 Å². The van der Waals surface area contributed by atoms with E-state index in [1.165, 1.54) is 32.1 Å². The molecule has 0 radical (unpaired) electrons. The zero-order valence-corrected chi connectivity index (χ0v) is 11.5. The van der Waals surface area contributed by atoms with Crippen molar-refractivity contribution in [1.82, 2.24) is 9.97 Å². The monoisotopic (exact) mass is 238 g/mol. The lowest BCUT2D eigenvalue weighted by atomic mass is 10.1. The normalized spacial score (nSPS) is 11.9. The van der Waals surface area contributed by atoms with Crippen molar-refractivity contribution in [2.24, 2.45) is 0 Å². The van der Waals surface area contributed by atoms with Crippen molar-refractivity contribution in [3.8, 4) is 0 Å². The first-order chi connectivity index (χ1) is 8.17. The van der Waals surface area contributed by atoms with E-state index in [4.69, 9.17) is 4.74 Å². The van der Waals surface area contributed by atoms with E-state index in [-0.39, 0.29) is 5.60 Å². The first kappa shape index (κ1) is 14.2. The molecule has 1 aromatic rings. The van der Waals surface area contributed by atoms with Gasteiger partial charge in [-0.1, -0.05) is 39.0 Å². The molecule has 0 aliphatic heterocycles. The highest BCUT2D eigenvalue weighted by Crippen LogP contribution is 2.21. The smallest absolute Gasteiger partial charge is 0.137 e. The molecule has 3 heteroatoms. The summed E-state index contributed by atoms with van der Waals surface area (Å²) in [5.41, 5.74) is -0.299. The summed E-state index contributed by atoms with van der Waals surface area (Å²) >= 11 is 0. The number of imidazole rings is 1. The Kier molecular flexibility index (Phi) is 6.27. The molecular weight excluding hydrogens is 212 g/mol. The molecule has 0 fully saturated rings. The van der Waals surface area contributed by atoms with Crippen molar-refractivity contribution in [2.75, 3.05) is 6.61 Å². The topological polar surface area (TPSA) is 37.9 Å². The van der Waals surface area contributed by atoms with Crippen LogP contribution >= 0.6 is 0 Å². The van der Waals surface area contributed by atoms with Gasteiger partial charge >= 0.3 is 0 Å². The molecule has 98 valence electrons. The number of hydrogen-bond acceptors (Lipinski definition) is 2. The number of rotatable bonds is 9. The maximum Gasteiger partial charge on any atom is 0.137 e. The largest absolute Gasteiger partial charge is 0.368 e. The first-order valence-corrected chi connectivity index (χ1v) is 6.80. The van der Waals surface area contributed by atoms with Crippen LogP contribution in [-0.4, -0.2) is 16.6 Å². The van der Waals surface area contributed by atoms with Crippen LogP contribution in [0.1, 0.15) is 65.1 Å². The summed E-state index contributed by atoms with van der Waals surface area (Å²) < 4.78 is 5.89. The van der Waals surface area contributed by atoms with Crippen LogP contribution < -0.4 is 0 Å². The lowest BCUT2D eigenvalue weighted by Crippen LogP contribution is -2.23. The molecule has 0 bridgehead atoms. The van der Waals surface area contributed by atoms with Gasteiger partial charge in [0.15, 0.2) is 0 Å². The Labute approximate surface area is 105 Å². The molecule has 1 aromatic heterocycles. The van der Waals surface area contributed by atoms with Crippen LogP contribution in [0.2, 0.25) is 0 Å². The summed E-state index contributed by atoms with van der Waals surface area (Å²) in [4.78, 5) is 7.36. The van der Waals surface area contributed by atoms with Gasteiger partial charge in [-0.15, -0.1) is 0 Å². The number of nitrogens with one attached hydrogen (secondary N) is 1. The summed E-state index contributed by atoms with van der Waals surface area (Å²) in [6, 6.07) is 0. The maximum atomic E-state index is 5.89. The summed E-state index contributed by atoms with van der Waals surface area (Å²) in [5.74, 6) is 0.906. The maximum absolute atomic E-state index is 5.89. The second-order valence-corrected chi connectivity index (χ2v) is 5.06. The minimum atomic E-state index is -0.299. The average molecular weight is 238 g/mol. The molecule has 0 aromatic carbocycles. The molecule has 3 nitrogen and oxygen atoms in total. The minimum Gasteiger partial charge on any atom is -0.368 e. The standard InChI is InChI=1S/C14H26N2O/c1-4-5-6-7-8-9-12-17-14(2,3)13-15-10-11-16-13/h10-11H,4-9,12H2,1-3H3,(H,15,16). The molecule has 0 atom stereocenters. The summed E-state index contributed by atoms with van der Waals surface area (Å²) in [6.07, 6.45) is 11.4. The number of H-pyrrole nitrogens is 1. The molecule has 1 rings (SSSR count). The number of hydrogen-bond donors (Lipinski definition) is 1. The van der Waals surface area contributed by atoms with E-state index in [1.54, 1.807) is 6.20 Å². The van der Waals surface area contributed by atoms with E-state index >= 15 is 0 Å². The Bertz CT molecular complexity index is 280. The minimum absolute atomic E-state index is 0.299. The molecule has 0 saturated carbocycles. The number of nitrogens with zero attached hydrogens (tertiary/aromatic N) is 1. The quantitative estimate of drug-likeness (QED) is 0.660. The van der Waals surface area contributed by atoms with Gasteiger partial charge in [0.05, 0.1) is 0 Å². The summed E-state index contributed by atoms with van der Waals surface area (Å²) in [6.45, 7) is 7.18. The van der Waals surface area contributed by atoms with Gasteiger partial charge < -0.3 is 9.72 Å². The highest BCUT2D eigenvalue weighted by Gasteiger charge is 2.23. The summed E-state index contributed by atoms with van der Waals surface area (Å²) in [7, 11) is 0. The molecule has 0 aliphatic rings. The van der Waals surface area contributed by atoms with Gasteiger partial charge in [0.25, 0.3) is 0 Å². The van der Waals surface area contributed by atoms with Crippen molar-refractivity contribution in [1.29, 1.82) is 0 Å². The predicted molar refractivity (Wildman–Crippen MR) is 70.9 cm³/mol. The Morgan fingerprint density at radius 2 is 1.88 bits per heavy atom. The zero-order chi connectivity index (χ0) is 12.6. The molecule has 1 N–H and O–H groups in total. The van der Waals surface area contributed by atoms with E-state index in [0.717, 1.165) is 18.9 Å². The van der Waals surface area contributed by atoms with Gasteiger partial charge in [0.1, 0.15) is 11.4 Å². The molecule has 0 spiro atoms. The Hall–Kier alpha value is -0.830. The molecule has 0 amide bonds. The van der Waals surface area contributed by atoms with Crippen LogP contribution in [0.15, 0.2) is 12.4 Å². The first-order valence-electron chi connectivity index (χ1n) is 6.80. The summed E-state index contributed by atoms with van der Waals surface area (Å²) in [5, 5.41) is 0. The molecule has 0 aliphatic carbocycles. The third-order valence-corrected chi connectivity index (χ3v) is 3.03. The van der Waals surface area contributed by atoms with Gasteiger partial charge in [-0.2, -0.15) is 0 Å².